The Morgan fingerprint density at radius 3 is 2.67 bits per heavy atom. The first kappa shape index (κ1) is 19.2. The lowest BCUT2D eigenvalue weighted by atomic mass is 10.2. The third kappa shape index (κ3) is 5.44. The van der Waals surface area contributed by atoms with Crippen LogP contribution < -0.4 is 15.4 Å². The van der Waals surface area contributed by atoms with E-state index in [0.717, 1.165) is 14.5 Å². The van der Waals surface area contributed by atoms with E-state index in [1.165, 1.54) is 0 Å². The molecule has 24 heavy (non-hydrogen) atoms. The number of hydrogen-bond donors (Lipinski definition) is 2. The number of rotatable bonds is 4. The maximum absolute atomic E-state index is 12.0. The molecule has 0 radical (unpaired) electrons. The van der Waals surface area contributed by atoms with Crippen LogP contribution in [0.25, 0.3) is 0 Å². The Morgan fingerprint density at radius 2 is 2.00 bits per heavy atom. The number of carbonyl (C=O) groups is 1. The number of carbonyl (C=O) groups excluding carboxylic acids is 1. The molecule has 0 aromatic heterocycles. The number of amides is 1. The largest absolute Gasteiger partial charge is 0.482 e. The van der Waals surface area contributed by atoms with Gasteiger partial charge >= 0.3 is 0 Å². The Hall–Kier alpha value is -1.15. The van der Waals surface area contributed by atoms with Gasteiger partial charge in [0.1, 0.15) is 5.75 Å². The van der Waals surface area contributed by atoms with E-state index >= 15 is 0 Å². The average Bonchev–Trinajstić information content (AvgIpc) is 2.48. The molecule has 2 N–H and O–H groups in total. The molecule has 0 atom stereocenters. The predicted octanol–water partition coefficient (Wildman–Crippen LogP) is 5.07. The van der Waals surface area contributed by atoms with Gasteiger partial charge in [-0.1, -0.05) is 39.7 Å². The zero-order valence-corrected chi connectivity index (χ0v) is 17.3. The molecule has 2 aromatic carbocycles. The van der Waals surface area contributed by atoms with Crippen LogP contribution in [0.4, 0.5) is 5.69 Å². The van der Waals surface area contributed by atoms with Crippen molar-refractivity contribution in [1.29, 1.82) is 0 Å². The number of hydrogen-bond acceptors (Lipinski definition) is 3. The SMILES string of the molecule is Cc1cc(Br)cc(Br)c1OCC(=O)NC(=S)Nc1ccccc1Cl. The first-order valence-corrected chi connectivity index (χ1v) is 9.18. The smallest absolute Gasteiger partial charge is 0.264 e. The molecule has 0 unspecified atom stereocenters. The lowest BCUT2D eigenvalue weighted by molar-refractivity contribution is -0.121. The molecule has 4 nitrogen and oxygen atoms in total. The average molecular weight is 493 g/mol. The molecule has 8 heteroatoms. The molecule has 2 aromatic rings. The van der Waals surface area contributed by atoms with E-state index in [4.69, 9.17) is 28.6 Å². The van der Waals surface area contributed by atoms with Crippen LogP contribution in [0.1, 0.15) is 5.56 Å². The maximum Gasteiger partial charge on any atom is 0.264 e. The van der Waals surface area contributed by atoms with Gasteiger partial charge in [-0.15, -0.1) is 0 Å². The summed E-state index contributed by atoms with van der Waals surface area (Å²) in [6.07, 6.45) is 0. The fraction of sp³-hybridized carbons (Fsp3) is 0.125. The number of nitrogens with one attached hydrogen (secondary N) is 2. The van der Waals surface area contributed by atoms with E-state index in [2.05, 4.69) is 42.5 Å². The highest BCUT2D eigenvalue weighted by Gasteiger charge is 2.11. The number of ether oxygens (including phenoxy) is 1. The molecule has 126 valence electrons. The molecule has 1 amide bonds. The second kappa shape index (κ2) is 8.80. The Bertz CT molecular complexity index is 763. The molecule has 0 saturated heterocycles. The fourth-order valence-corrected chi connectivity index (χ4v) is 3.85. The van der Waals surface area contributed by atoms with Gasteiger partial charge in [0.25, 0.3) is 5.91 Å². The third-order valence-corrected chi connectivity index (χ3v) is 4.50. The molecule has 0 heterocycles. The van der Waals surface area contributed by atoms with Crippen molar-refractivity contribution in [2.45, 2.75) is 6.92 Å². The van der Waals surface area contributed by atoms with Crippen molar-refractivity contribution < 1.29 is 9.53 Å². The summed E-state index contributed by atoms with van der Waals surface area (Å²) in [6.45, 7) is 1.73. The second-order valence-electron chi connectivity index (χ2n) is 4.80. The first-order chi connectivity index (χ1) is 11.4. The molecule has 0 aliphatic carbocycles. The van der Waals surface area contributed by atoms with Gasteiger partial charge in [-0.05, 0) is 64.9 Å². The topological polar surface area (TPSA) is 50.4 Å². The summed E-state index contributed by atoms with van der Waals surface area (Å²) in [5.74, 6) is 0.243. The fourth-order valence-electron chi connectivity index (χ4n) is 1.89. The molecule has 0 saturated carbocycles. The normalized spacial score (nSPS) is 10.2. The van der Waals surface area contributed by atoms with E-state index in [1.54, 1.807) is 18.2 Å². The number of thiocarbonyl (C=S) groups is 1. The monoisotopic (exact) mass is 490 g/mol. The van der Waals surface area contributed by atoms with Gasteiger partial charge in [0.15, 0.2) is 11.7 Å². The summed E-state index contributed by atoms with van der Waals surface area (Å²) >= 11 is 17.9. The minimum Gasteiger partial charge on any atom is -0.482 e. The van der Waals surface area contributed by atoms with E-state index in [9.17, 15) is 4.79 Å². The van der Waals surface area contributed by atoms with Gasteiger partial charge in [0.2, 0.25) is 0 Å². The molecule has 0 aliphatic rings. The lowest BCUT2D eigenvalue weighted by Gasteiger charge is -2.13. The molecule has 0 fully saturated rings. The highest BCUT2D eigenvalue weighted by atomic mass is 79.9. The van der Waals surface area contributed by atoms with Gasteiger partial charge in [-0.2, -0.15) is 0 Å². The summed E-state index contributed by atoms with van der Waals surface area (Å²) in [4.78, 5) is 12.0. The van der Waals surface area contributed by atoms with Crippen molar-refractivity contribution in [2.24, 2.45) is 0 Å². The van der Waals surface area contributed by atoms with E-state index in [-0.39, 0.29) is 17.6 Å². The molecule has 0 spiro atoms. The van der Waals surface area contributed by atoms with Crippen LogP contribution in [0, 0.1) is 6.92 Å². The zero-order chi connectivity index (χ0) is 17.7. The Kier molecular flexibility index (Phi) is 7.03. The van der Waals surface area contributed by atoms with Crippen LogP contribution in [0.2, 0.25) is 5.02 Å². The number of halogens is 3. The van der Waals surface area contributed by atoms with Crippen LogP contribution in [-0.2, 0) is 4.79 Å². The molecule has 0 bridgehead atoms. The van der Waals surface area contributed by atoms with E-state index in [1.807, 2.05) is 25.1 Å². The predicted molar refractivity (Wildman–Crippen MR) is 108 cm³/mol. The summed E-state index contributed by atoms with van der Waals surface area (Å²) in [5, 5.41) is 6.08. The van der Waals surface area contributed by atoms with Crippen molar-refractivity contribution in [3.63, 3.8) is 0 Å². The highest BCUT2D eigenvalue weighted by Crippen LogP contribution is 2.32. The van der Waals surface area contributed by atoms with Gasteiger partial charge in [0, 0.05) is 4.47 Å². The lowest BCUT2D eigenvalue weighted by Crippen LogP contribution is -2.37. The number of para-hydroxylation sites is 1. The Morgan fingerprint density at radius 1 is 1.29 bits per heavy atom. The van der Waals surface area contributed by atoms with E-state index in [0.29, 0.717) is 16.5 Å². The quantitative estimate of drug-likeness (QED) is 0.586. The molecule has 2 rings (SSSR count). The molecular formula is C16H13Br2ClN2O2S. The third-order valence-electron chi connectivity index (χ3n) is 2.92. The minimum absolute atomic E-state index is 0.156. The summed E-state index contributed by atoms with van der Waals surface area (Å²) in [7, 11) is 0. The van der Waals surface area contributed by atoms with Crippen molar-refractivity contribution in [1.82, 2.24) is 5.32 Å². The van der Waals surface area contributed by atoms with Crippen molar-refractivity contribution in [3.05, 3.63) is 55.9 Å². The minimum atomic E-state index is -0.367. The van der Waals surface area contributed by atoms with Crippen LogP contribution >= 0.6 is 55.7 Å². The molecular weight excluding hydrogens is 480 g/mol. The number of aryl methyl sites for hydroxylation is 1. The van der Waals surface area contributed by atoms with Crippen LogP contribution in [0.3, 0.4) is 0 Å². The van der Waals surface area contributed by atoms with Gasteiger partial charge in [0.05, 0.1) is 15.2 Å². The number of anilines is 1. The van der Waals surface area contributed by atoms with Crippen LogP contribution in [0.5, 0.6) is 5.75 Å². The van der Waals surface area contributed by atoms with Crippen molar-refractivity contribution >= 4 is 72.4 Å². The molecule has 0 aliphatic heterocycles. The summed E-state index contributed by atoms with van der Waals surface area (Å²) in [6, 6.07) is 10.9. The Balaban J connectivity index is 1.90. The second-order valence-corrected chi connectivity index (χ2v) is 7.39. The van der Waals surface area contributed by atoms with Gasteiger partial charge in [-0.25, -0.2) is 0 Å². The zero-order valence-electron chi connectivity index (χ0n) is 12.5. The van der Waals surface area contributed by atoms with Crippen LogP contribution in [-0.4, -0.2) is 17.6 Å². The Labute approximate surface area is 167 Å². The number of benzene rings is 2. The highest BCUT2D eigenvalue weighted by molar-refractivity contribution is 9.11. The van der Waals surface area contributed by atoms with Crippen LogP contribution in [0.15, 0.2) is 45.3 Å². The van der Waals surface area contributed by atoms with Gasteiger partial charge in [-0.3, -0.25) is 10.1 Å². The summed E-state index contributed by atoms with van der Waals surface area (Å²) in [5.41, 5.74) is 1.53. The first-order valence-electron chi connectivity index (χ1n) is 6.80. The van der Waals surface area contributed by atoms with Crippen molar-refractivity contribution in [2.75, 3.05) is 11.9 Å². The van der Waals surface area contributed by atoms with Crippen molar-refractivity contribution in [3.8, 4) is 5.75 Å². The maximum atomic E-state index is 12.0. The van der Waals surface area contributed by atoms with Gasteiger partial charge < -0.3 is 10.1 Å². The van der Waals surface area contributed by atoms with E-state index < -0.39 is 0 Å². The summed E-state index contributed by atoms with van der Waals surface area (Å²) < 4.78 is 7.25. The standard InChI is InChI=1S/C16H13Br2ClN2O2S/c1-9-6-10(17)7-11(18)15(9)23-8-14(22)21-16(24)20-13-5-3-2-4-12(13)19/h2-7H,8H2,1H3,(H2,20,21,22,24).